The van der Waals surface area contributed by atoms with Gasteiger partial charge >= 0.3 is 0 Å². The molecule has 1 N–H and O–H groups in total. The van der Waals surface area contributed by atoms with E-state index in [0.29, 0.717) is 13.4 Å². The lowest BCUT2D eigenvalue weighted by atomic mass is 9.54. The standard InChI is InChI=1S/C15H18BNO/c1-2-15(18)13-17-11-7-6-10-16(17)12-14-8-4-3-5-9-14/h2-11,15,18H,1,12-13H2. The molecule has 0 bridgehead atoms. The van der Waals surface area contributed by atoms with Crippen molar-refractivity contribution >= 4 is 6.85 Å². The van der Waals surface area contributed by atoms with Crippen molar-refractivity contribution in [3.05, 3.63) is 72.9 Å². The van der Waals surface area contributed by atoms with Crippen molar-refractivity contribution in [2.75, 3.05) is 6.54 Å². The molecule has 2 rings (SSSR count). The molecule has 1 aliphatic rings. The van der Waals surface area contributed by atoms with E-state index in [2.05, 4.69) is 47.7 Å². The van der Waals surface area contributed by atoms with Crippen LogP contribution in [0, 0.1) is 0 Å². The summed E-state index contributed by atoms with van der Waals surface area (Å²) in [5.74, 6) is 2.17. The number of hydrogen-bond donors (Lipinski definition) is 1. The number of aliphatic hydroxyl groups is 1. The van der Waals surface area contributed by atoms with Crippen LogP contribution in [0.15, 0.2) is 67.3 Å². The lowest BCUT2D eigenvalue weighted by Crippen LogP contribution is -2.41. The summed E-state index contributed by atoms with van der Waals surface area (Å²) >= 11 is 0. The Balaban J connectivity index is 2.03. The van der Waals surface area contributed by atoms with E-state index in [1.807, 2.05) is 18.3 Å². The van der Waals surface area contributed by atoms with E-state index in [0.717, 1.165) is 6.32 Å². The van der Waals surface area contributed by atoms with Crippen LogP contribution in [0.3, 0.4) is 0 Å². The largest absolute Gasteiger partial charge is 0.414 e. The van der Waals surface area contributed by atoms with Crippen LogP contribution in [-0.4, -0.2) is 29.4 Å². The number of hydrogen-bond acceptors (Lipinski definition) is 2. The topological polar surface area (TPSA) is 23.5 Å². The van der Waals surface area contributed by atoms with E-state index in [9.17, 15) is 5.11 Å². The number of nitrogens with zero attached hydrogens (tertiary/aromatic N) is 1. The molecule has 0 saturated carbocycles. The maximum Gasteiger partial charge on any atom is 0.285 e. The maximum absolute atomic E-state index is 9.68. The van der Waals surface area contributed by atoms with E-state index in [-0.39, 0.29) is 0 Å². The molecule has 1 aromatic rings. The SMILES string of the molecule is C=CC(O)CN1C=CC=CB1Cc1ccccc1. The van der Waals surface area contributed by atoms with Crippen LogP contribution < -0.4 is 0 Å². The lowest BCUT2D eigenvalue weighted by molar-refractivity contribution is 0.202. The number of benzene rings is 1. The molecule has 0 aromatic heterocycles. The van der Waals surface area contributed by atoms with Gasteiger partial charge in [-0.25, -0.2) is 0 Å². The normalized spacial score (nSPS) is 15.8. The van der Waals surface area contributed by atoms with Crippen LogP contribution in [0.5, 0.6) is 0 Å². The van der Waals surface area contributed by atoms with Crippen molar-refractivity contribution in [1.82, 2.24) is 4.81 Å². The van der Waals surface area contributed by atoms with Crippen molar-refractivity contribution in [3.8, 4) is 0 Å². The monoisotopic (exact) mass is 239 g/mol. The average molecular weight is 239 g/mol. The van der Waals surface area contributed by atoms with Gasteiger partial charge in [0.05, 0.1) is 6.10 Å². The molecule has 2 nitrogen and oxygen atoms in total. The molecular weight excluding hydrogens is 221 g/mol. The summed E-state index contributed by atoms with van der Waals surface area (Å²) in [6.07, 6.45) is 8.12. The highest BCUT2D eigenvalue weighted by atomic mass is 16.3. The van der Waals surface area contributed by atoms with E-state index in [4.69, 9.17) is 0 Å². The second-order valence-corrected chi connectivity index (χ2v) is 4.48. The molecule has 1 heterocycles. The zero-order valence-corrected chi connectivity index (χ0v) is 10.4. The van der Waals surface area contributed by atoms with Gasteiger partial charge in [-0.2, -0.15) is 0 Å². The third kappa shape index (κ3) is 3.38. The second kappa shape index (κ2) is 6.27. The van der Waals surface area contributed by atoms with E-state index >= 15 is 0 Å². The highest BCUT2D eigenvalue weighted by molar-refractivity contribution is 6.61. The van der Waals surface area contributed by atoms with Crippen LogP contribution in [-0.2, 0) is 6.32 Å². The van der Waals surface area contributed by atoms with Gasteiger partial charge in [0.15, 0.2) is 0 Å². The van der Waals surface area contributed by atoms with Gasteiger partial charge in [-0.3, -0.25) is 0 Å². The number of allylic oxidation sites excluding steroid dienone is 2. The fraction of sp³-hybridized carbons (Fsp3) is 0.200. The van der Waals surface area contributed by atoms with Gasteiger partial charge in [-0.1, -0.05) is 54.0 Å². The number of β-amino-alcohol motifs (C(OH)–C–C–N with tert-alkyl or cyclic N) is 1. The van der Waals surface area contributed by atoms with Crippen LogP contribution in [0.4, 0.5) is 0 Å². The minimum Gasteiger partial charge on any atom is -0.414 e. The quantitative estimate of drug-likeness (QED) is 0.629. The number of aliphatic hydroxyl groups excluding tert-OH is 1. The van der Waals surface area contributed by atoms with Crippen molar-refractivity contribution in [2.24, 2.45) is 0 Å². The first-order chi connectivity index (χ1) is 8.79. The van der Waals surface area contributed by atoms with Gasteiger partial charge in [0.25, 0.3) is 6.85 Å². The van der Waals surface area contributed by atoms with Crippen molar-refractivity contribution < 1.29 is 5.11 Å². The molecule has 0 spiro atoms. The van der Waals surface area contributed by atoms with Gasteiger partial charge < -0.3 is 9.92 Å². The predicted octanol–water partition coefficient (Wildman–Crippen LogP) is 2.23. The van der Waals surface area contributed by atoms with Crippen LogP contribution in [0.1, 0.15) is 5.56 Å². The van der Waals surface area contributed by atoms with Gasteiger partial charge in [0, 0.05) is 6.54 Å². The van der Waals surface area contributed by atoms with Gasteiger partial charge in [-0.05, 0) is 18.6 Å². The molecule has 1 aromatic carbocycles. The molecule has 0 radical (unpaired) electrons. The molecule has 0 fully saturated rings. The Morgan fingerprint density at radius 2 is 2.06 bits per heavy atom. The van der Waals surface area contributed by atoms with Crippen LogP contribution >= 0.6 is 0 Å². The van der Waals surface area contributed by atoms with Gasteiger partial charge in [-0.15, -0.1) is 6.58 Å². The first-order valence-electron chi connectivity index (χ1n) is 6.25. The Hall–Kier alpha value is -1.74. The predicted molar refractivity (Wildman–Crippen MR) is 77.1 cm³/mol. The minimum absolute atomic E-state index is 0.298. The summed E-state index contributed by atoms with van der Waals surface area (Å²) in [5.41, 5.74) is 1.31. The molecular formula is C15H18BNO. The fourth-order valence-electron chi connectivity index (χ4n) is 2.10. The summed E-state index contributed by atoms with van der Waals surface area (Å²) < 4.78 is 0. The third-order valence-electron chi connectivity index (χ3n) is 3.11. The molecule has 0 amide bonds. The van der Waals surface area contributed by atoms with E-state index in [1.54, 1.807) is 6.08 Å². The summed E-state index contributed by atoms with van der Waals surface area (Å²) in [6, 6.07) is 10.4. The Labute approximate surface area is 109 Å². The summed E-state index contributed by atoms with van der Waals surface area (Å²) in [6.45, 7) is 4.50. The first kappa shape index (κ1) is 12.7. The Bertz CT molecular complexity index is 441. The smallest absolute Gasteiger partial charge is 0.285 e. The molecule has 1 unspecified atom stereocenters. The average Bonchev–Trinajstić information content (AvgIpc) is 2.42. The van der Waals surface area contributed by atoms with Crippen LogP contribution in [0.2, 0.25) is 0 Å². The molecule has 18 heavy (non-hydrogen) atoms. The molecule has 1 aliphatic heterocycles. The van der Waals surface area contributed by atoms with Crippen molar-refractivity contribution in [1.29, 1.82) is 0 Å². The Morgan fingerprint density at radius 1 is 1.28 bits per heavy atom. The fourth-order valence-corrected chi connectivity index (χ4v) is 2.10. The highest BCUT2D eigenvalue weighted by Crippen LogP contribution is 2.12. The molecule has 0 saturated heterocycles. The zero-order chi connectivity index (χ0) is 12.8. The lowest BCUT2D eigenvalue weighted by Gasteiger charge is -2.29. The minimum atomic E-state index is -0.487. The highest BCUT2D eigenvalue weighted by Gasteiger charge is 2.21. The van der Waals surface area contributed by atoms with Gasteiger partial charge in [0.2, 0.25) is 0 Å². The number of rotatable bonds is 5. The Morgan fingerprint density at radius 3 is 2.78 bits per heavy atom. The van der Waals surface area contributed by atoms with Crippen molar-refractivity contribution in [2.45, 2.75) is 12.4 Å². The maximum atomic E-state index is 9.68. The van der Waals surface area contributed by atoms with E-state index < -0.39 is 6.10 Å². The Kier molecular flexibility index (Phi) is 4.43. The van der Waals surface area contributed by atoms with Crippen LogP contribution in [0.25, 0.3) is 0 Å². The summed E-state index contributed by atoms with van der Waals surface area (Å²) in [7, 11) is 0. The summed E-state index contributed by atoms with van der Waals surface area (Å²) in [4.78, 5) is 2.15. The van der Waals surface area contributed by atoms with Gasteiger partial charge in [0.1, 0.15) is 0 Å². The third-order valence-corrected chi connectivity index (χ3v) is 3.11. The molecule has 92 valence electrons. The second-order valence-electron chi connectivity index (χ2n) is 4.48. The molecule has 0 aliphatic carbocycles. The molecule has 1 atom stereocenters. The zero-order valence-electron chi connectivity index (χ0n) is 10.4. The first-order valence-corrected chi connectivity index (χ1v) is 6.25. The molecule has 3 heteroatoms. The summed E-state index contributed by atoms with van der Waals surface area (Å²) in [5, 5.41) is 9.68. The van der Waals surface area contributed by atoms with Crippen molar-refractivity contribution in [3.63, 3.8) is 0 Å². The van der Waals surface area contributed by atoms with E-state index in [1.165, 1.54) is 5.56 Å².